The van der Waals surface area contributed by atoms with Gasteiger partial charge in [-0.1, -0.05) is 33.6 Å². The van der Waals surface area contributed by atoms with Gasteiger partial charge in [0.15, 0.2) is 0 Å². The minimum atomic E-state index is 0.322. The molecule has 0 spiro atoms. The molecular formula is C11H24N2. The summed E-state index contributed by atoms with van der Waals surface area (Å²) in [4.78, 5) is 0. The summed E-state index contributed by atoms with van der Waals surface area (Å²) in [5.74, 6) is 1.88. The molecule has 1 fully saturated rings. The van der Waals surface area contributed by atoms with Crippen molar-refractivity contribution in [3.8, 4) is 0 Å². The van der Waals surface area contributed by atoms with E-state index in [-0.39, 0.29) is 0 Å². The molecule has 13 heavy (non-hydrogen) atoms. The molecule has 1 aliphatic rings. The lowest BCUT2D eigenvalue weighted by Crippen LogP contribution is -2.53. The lowest BCUT2D eigenvalue weighted by atomic mass is 9.68. The fourth-order valence-electron chi connectivity index (χ4n) is 2.70. The second-order valence-electron chi connectivity index (χ2n) is 4.59. The highest BCUT2D eigenvalue weighted by atomic mass is 14.8. The van der Waals surface area contributed by atoms with Gasteiger partial charge in [-0.2, -0.15) is 0 Å². The van der Waals surface area contributed by atoms with Crippen molar-refractivity contribution in [1.82, 2.24) is 0 Å². The van der Waals surface area contributed by atoms with Crippen molar-refractivity contribution < 1.29 is 0 Å². The Hall–Kier alpha value is -0.0800. The molecular weight excluding hydrogens is 160 g/mol. The fraction of sp³-hybridized carbons (Fsp3) is 1.00. The highest BCUT2D eigenvalue weighted by molar-refractivity contribution is 4.93. The van der Waals surface area contributed by atoms with E-state index in [1.54, 1.807) is 0 Å². The zero-order valence-corrected chi connectivity index (χ0v) is 9.16. The van der Waals surface area contributed by atoms with E-state index in [0.29, 0.717) is 29.8 Å². The van der Waals surface area contributed by atoms with E-state index in [1.807, 2.05) is 0 Å². The second-order valence-corrected chi connectivity index (χ2v) is 4.59. The Morgan fingerprint density at radius 2 is 1.38 bits per heavy atom. The van der Waals surface area contributed by atoms with Crippen molar-refractivity contribution in [1.29, 1.82) is 0 Å². The molecule has 0 radical (unpaired) electrons. The third kappa shape index (κ3) is 2.05. The third-order valence-electron chi connectivity index (χ3n) is 3.96. The van der Waals surface area contributed by atoms with Crippen molar-refractivity contribution in [2.75, 3.05) is 0 Å². The Morgan fingerprint density at radius 1 is 1.00 bits per heavy atom. The topological polar surface area (TPSA) is 52.0 Å². The molecule has 1 aliphatic carbocycles. The molecule has 0 amide bonds. The molecule has 0 aromatic carbocycles. The minimum Gasteiger partial charge on any atom is -0.327 e. The van der Waals surface area contributed by atoms with Gasteiger partial charge in [0, 0.05) is 12.1 Å². The van der Waals surface area contributed by atoms with Gasteiger partial charge < -0.3 is 11.5 Å². The Morgan fingerprint density at radius 3 is 1.69 bits per heavy atom. The molecule has 1 rings (SSSR count). The predicted molar refractivity (Wildman–Crippen MR) is 57.3 cm³/mol. The summed E-state index contributed by atoms with van der Waals surface area (Å²) in [7, 11) is 0. The van der Waals surface area contributed by atoms with Gasteiger partial charge >= 0.3 is 0 Å². The zero-order valence-electron chi connectivity index (χ0n) is 9.16. The Bertz CT molecular complexity index is 138. The number of rotatable bonds is 2. The van der Waals surface area contributed by atoms with Crippen LogP contribution in [0.15, 0.2) is 0 Å². The summed E-state index contributed by atoms with van der Waals surface area (Å²) >= 11 is 0. The van der Waals surface area contributed by atoms with Gasteiger partial charge in [-0.05, 0) is 24.2 Å². The van der Waals surface area contributed by atoms with Gasteiger partial charge in [-0.25, -0.2) is 0 Å². The second kappa shape index (κ2) is 4.43. The molecule has 78 valence electrons. The summed E-state index contributed by atoms with van der Waals surface area (Å²) in [6.07, 6.45) is 3.64. The SMILES string of the molecule is CCC1CC(CC)C(N)C(C)C1N. The van der Waals surface area contributed by atoms with Crippen LogP contribution >= 0.6 is 0 Å². The lowest BCUT2D eigenvalue weighted by Gasteiger charge is -2.42. The van der Waals surface area contributed by atoms with E-state index in [4.69, 9.17) is 11.5 Å². The predicted octanol–water partition coefficient (Wildman–Crippen LogP) is 1.73. The molecule has 0 aromatic rings. The van der Waals surface area contributed by atoms with Gasteiger partial charge in [-0.3, -0.25) is 0 Å². The number of nitrogens with two attached hydrogens (primary N) is 2. The summed E-state index contributed by atoms with van der Waals surface area (Å²) in [5.41, 5.74) is 12.3. The Balaban J connectivity index is 2.66. The molecule has 1 saturated carbocycles. The van der Waals surface area contributed by atoms with Crippen LogP contribution in [0.3, 0.4) is 0 Å². The molecule has 0 bridgehead atoms. The molecule has 0 aromatic heterocycles. The van der Waals surface area contributed by atoms with Crippen molar-refractivity contribution in [2.24, 2.45) is 29.2 Å². The van der Waals surface area contributed by atoms with Crippen molar-refractivity contribution >= 4 is 0 Å². The third-order valence-corrected chi connectivity index (χ3v) is 3.96. The highest BCUT2D eigenvalue weighted by Crippen LogP contribution is 2.34. The monoisotopic (exact) mass is 184 g/mol. The first kappa shape index (κ1) is 11.0. The van der Waals surface area contributed by atoms with Gasteiger partial charge in [0.05, 0.1) is 0 Å². The van der Waals surface area contributed by atoms with Crippen LogP contribution in [0.1, 0.15) is 40.0 Å². The Labute approximate surface area is 82.1 Å². The van der Waals surface area contributed by atoms with Crippen molar-refractivity contribution in [3.05, 3.63) is 0 Å². The van der Waals surface area contributed by atoms with Gasteiger partial charge in [0.2, 0.25) is 0 Å². The maximum atomic E-state index is 6.16. The van der Waals surface area contributed by atoms with E-state index < -0.39 is 0 Å². The van der Waals surface area contributed by atoms with E-state index in [1.165, 1.54) is 19.3 Å². The normalized spacial score (nSPS) is 46.4. The summed E-state index contributed by atoms with van der Waals surface area (Å²) in [6, 6.07) is 0.644. The largest absolute Gasteiger partial charge is 0.327 e. The number of hydrogen-bond acceptors (Lipinski definition) is 2. The van der Waals surface area contributed by atoms with E-state index in [0.717, 1.165) is 0 Å². The molecule has 4 unspecified atom stereocenters. The van der Waals surface area contributed by atoms with Crippen LogP contribution in [0.4, 0.5) is 0 Å². The molecule has 0 saturated heterocycles. The quantitative estimate of drug-likeness (QED) is 0.686. The van der Waals surface area contributed by atoms with Crippen LogP contribution in [0, 0.1) is 17.8 Å². The molecule has 2 nitrogen and oxygen atoms in total. The summed E-state index contributed by atoms with van der Waals surface area (Å²) < 4.78 is 0. The number of hydrogen-bond donors (Lipinski definition) is 2. The summed E-state index contributed by atoms with van der Waals surface area (Å²) in [5, 5.41) is 0. The van der Waals surface area contributed by atoms with E-state index >= 15 is 0 Å². The first-order valence-corrected chi connectivity index (χ1v) is 5.62. The average Bonchev–Trinajstić information content (AvgIpc) is 2.15. The van der Waals surface area contributed by atoms with Gasteiger partial charge in [0.1, 0.15) is 0 Å². The van der Waals surface area contributed by atoms with Crippen LogP contribution in [0.2, 0.25) is 0 Å². The minimum absolute atomic E-state index is 0.322. The lowest BCUT2D eigenvalue weighted by molar-refractivity contribution is 0.135. The first-order chi connectivity index (χ1) is 6.11. The van der Waals surface area contributed by atoms with E-state index in [2.05, 4.69) is 20.8 Å². The van der Waals surface area contributed by atoms with Crippen LogP contribution in [-0.2, 0) is 0 Å². The average molecular weight is 184 g/mol. The maximum Gasteiger partial charge on any atom is 0.0108 e. The highest BCUT2D eigenvalue weighted by Gasteiger charge is 2.36. The van der Waals surface area contributed by atoms with Gasteiger partial charge in [-0.15, -0.1) is 0 Å². The van der Waals surface area contributed by atoms with E-state index in [9.17, 15) is 0 Å². The van der Waals surface area contributed by atoms with Gasteiger partial charge in [0.25, 0.3) is 0 Å². The van der Waals surface area contributed by atoms with Crippen molar-refractivity contribution in [3.63, 3.8) is 0 Å². The molecule has 4 N–H and O–H groups in total. The van der Waals surface area contributed by atoms with Crippen molar-refractivity contribution in [2.45, 2.75) is 52.1 Å². The summed E-state index contributed by atoms with van der Waals surface area (Å²) in [6.45, 7) is 6.68. The Kier molecular flexibility index (Phi) is 3.74. The molecule has 0 aliphatic heterocycles. The van der Waals surface area contributed by atoms with Crippen LogP contribution in [0.5, 0.6) is 0 Å². The fourth-order valence-corrected chi connectivity index (χ4v) is 2.70. The molecule has 4 atom stereocenters. The first-order valence-electron chi connectivity index (χ1n) is 5.62. The van der Waals surface area contributed by atoms with Crippen LogP contribution in [0.25, 0.3) is 0 Å². The molecule has 0 heterocycles. The zero-order chi connectivity index (χ0) is 10.0. The van der Waals surface area contributed by atoms with Crippen LogP contribution in [-0.4, -0.2) is 12.1 Å². The maximum absolute atomic E-state index is 6.16. The van der Waals surface area contributed by atoms with Crippen LogP contribution < -0.4 is 11.5 Å². The smallest absolute Gasteiger partial charge is 0.0108 e. The molecule has 2 heteroatoms. The standard InChI is InChI=1S/C11H24N2/c1-4-8-6-9(5-2)11(13)7(3)10(8)12/h7-11H,4-6,12-13H2,1-3H3.